The number of anilines is 1. The molecule has 142 valence electrons. The van der Waals surface area contributed by atoms with E-state index in [4.69, 9.17) is 23.2 Å². The van der Waals surface area contributed by atoms with Crippen LogP contribution in [0.2, 0.25) is 5.02 Å². The van der Waals surface area contributed by atoms with E-state index in [0.717, 1.165) is 23.9 Å². The summed E-state index contributed by atoms with van der Waals surface area (Å²) in [6, 6.07) is 2.64. The Morgan fingerprint density at radius 1 is 1.35 bits per heavy atom. The van der Waals surface area contributed by atoms with E-state index in [2.05, 4.69) is 4.99 Å². The molecule has 0 radical (unpaired) electrons. The fraction of sp³-hybridized carbons (Fsp3) is 0.429. The van der Waals surface area contributed by atoms with Crippen LogP contribution in [0.1, 0.15) is 5.56 Å². The zero-order valence-electron chi connectivity index (χ0n) is 12.8. The van der Waals surface area contributed by atoms with E-state index in [0.29, 0.717) is 0 Å². The number of amides is 1. The van der Waals surface area contributed by atoms with Gasteiger partial charge >= 0.3 is 6.18 Å². The van der Waals surface area contributed by atoms with E-state index >= 15 is 0 Å². The van der Waals surface area contributed by atoms with Crippen LogP contribution >= 0.6 is 35.0 Å². The molecule has 26 heavy (non-hydrogen) atoms. The first-order valence-electron chi connectivity index (χ1n) is 7.22. The molecular weight excluding hydrogens is 436 g/mol. The van der Waals surface area contributed by atoms with Crippen molar-refractivity contribution in [3.63, 3.8) is 0 Å². The minimum atomic E-state index is -4.68. The fourth-order valence-corrected chi connectivity index (χ4v) is 7.10. The largest absolute Gasteiger partial charge is 0.417 e. The van der Waals surface area contributed by atoms with Crippen LogP contribution < -0.4 is 4.90 Å². The third-order valence-corrected chi connectivity index (χ3v) is 7.70. The van der Waals surface area contributed by atoms with Gasteiger partial charge in [0, 0.05) is 10.9 Å². The van der Waals surface area contributed by atoms with Crippen molar-refractivity contribution in [2.75, 3.05) is 22.3 Å². The van der Waals surface area contributed by atoms with Gasteiger partial charge in [0.15, 0.2) is 15.0 Å². The van der Waals surface area contributed by atoms with Gasteiger partial charge in [0.25, 0.3) is 5.91 Å². The van der Waals surface area contributed by atoms with Crippen molar-refractivity contribution in [3.8, 4) is 0 Å². The van der Waals surface area contributed by atoms with Gasteiger partial charge in [0.05, 0.1) is 28.1 Å². The summed E-state index contributed by atoms with van der Waals surface area (Å²) in [4.78, 5) is 16.8. The molecule has 5 nitrogen and oxygen atoms in total. The molecule has 2 aliphatic rings. The standard InChI is InChI=1S/C14H11Cl2F3N2O3S2/c15-4-12(22)20-13-21(10-5-26(23,24)6-11(10)25-13)7-1-2-9(16)8(3-7)14(17,18)19/h1-3,10-11H,4-6H2/t10-,11-/m1/s1. The lowest BCUT2D eigenvalue weighted by Crippen LogP contribution is -2.38. The Balaban J connectivity index is 2.09. The highest BCUT2D eigenvalue weighted by atomic mass is 35.5. The number of rotatable bonds is 2. The van der Waals surface area contributed by atoms with Crippen molar-refractivity contribution in [1.82, 2.24) is 0 Å². The van der Waals surface area contributed by atoms with Crippen molar-refractivity contribution in [1.29, 1.82) is 0 Å². The normalized spacial score (nSPS) is 26.3. The maximum absolute atomic E-state index is 13.2. The van der Waals surface area contributed by atoms with E-state index in [1.54, 1.807) is 0 Å². The number of aliphatic imine (C=N–C) groups is 1. The molecule has 0 N–H and O–H groups in total. The Kier molecular flexibility index (Phi) is 5.24. The van der Waals surface area contributed by atoms with E-state index in [9.17, 15) is 26.4 Å². The van der Waals surface area contributed by atoms with Gasteiger partial charge in [-0.3, -0.25) is 4.79 Å². The zero-order chi connectivity index (χ0) is 19.3. The van der Waals surface area contributed by atoms with E-state index in [-0.39, 0.29) is 28.2 Å². The summed E-state index contributed by atoms with van der Waals surface area (Å²) >= 11 is 12.1. The number of carbonyl (C=O) groups is 1. The lowest BCUT2D eigenvalue weighted by atomic mass is 10.1. The molecule has 2 aliphatic heterocycles. The van der Waals surface area contributed by atoms with Crippen LogP contribution in [0.15, 0.2) is 23.2 Å². The van der Waals surface area contributed by atoms with Crippen LogP contribution in [0.3, 0.4) is 0 Å². The predicted octanol–water partition coefficient (Wildman–Crippen LogP) is 3.20. The van der Waals surface area contributed by atoms with Crippen LogP contribution in [-0.4, -0.2) is 48.2 Å². The number of halogens is 5. The average Bonchev–Trinajstić information content (AvgIpc) is 2.97. The smallest absolute Gasteiger partial charge is 0.316 e. The summed E-state index contributed by atoms with van der Waals surface area (Å²) in [6.07, 6.45) is -4.68. The van der Waals surface area contributed by atoms with Crippen molar-refractivity contribution in [2.45, 2.75) is 17.5 Å². The van der Waals surface area contributed by atoms with Gasteiger partial charge in [-0.1, -0.05) is 23.4 Å². The molecule has 0 unspecified atom stereocenters. The molecule has 2 heterocycles. The number of sulfone groups is 1. The minimum Gasteiger partial charge on any atom is -0.316 e. The third-order valence-electron chi connectivity index (χ3n) is 3.93. The van der Waals surface area contributed by atoms with Crippen molar-refractivity contribution in [3.05, 3.63) is 28.8 Å². The lowest BCUT2D eigenvalue weighted by molar-refractivity contribution is -0.137. The van der Waals surface area contributed by atoms with E-state index in [1.807, 2.05) is 0 Å². The van der Waals surface area contributed by atoms with Gasteiger partial charge in [0.2, 0.25) is 0 Å². The second kappa shape index (κ2) is 6.88. The minimum absolute atomic E-state index is 0.0694. The molecule has 0 bridgehead atoms. The molecular formula is C14H11Cl2F3N2O3S2. The Hall–Kier alpha value is -0.970. The molecule has 2 atom stereocenters. The maximum atomic E-state index is 13.2. The number of nitrogens with zero attached hydrogens (tertiary/aromatic N) is 2. The van der Waals surface area contributed by atoms with E-state index in [1.165, 1.54) is 11.0 Å². The Bertz CT molecular complexity index is 890. The molecule has 2 fully saturated rings. The molecule has 1 aromatic carbocycles. The van der Waals surface area contributed by atoms with Crippen LogP contribution in [0.25, 0.3) is 0 Å². The summed E-state index contributed by atoms with van der Waals surface area (Å²) in [5.41, 5.74) is -0.978. The van der Waals surface area contributed by atoms with Crippen LogP contribution in [-0.2, 0) is 20.8 Å². The van der Waals surface area contributed by atoms with Crippen LogP contribution in [0, 0.1) is 0 Å². The molecule has 1 amide bonds. The molecule has 0 saturated carbocycles. The highest BCUT2D eigenvalue weighted by molar-refractivity contribution is 8.16. The molecule has 0 aromatic heterocycles. The lowest BCUT2D eigenvalue weighted by Gasteiger charge is -2.25. The summed E-state index contributed by atoms with van der Waals surface area (Å²) in [7, 11) is -3.33. The van der Waals surface area contributed by atoms with Gasteiger partial charge in [-0.25, -0.2) is 8.42 Å². The number of thioether (sulfide) groups is 1. The van der Waals surface area contributed by atoms with Crippen molar-refractivity contribution < 1.29 is 26.4 Å². The highest BCUT2D eigenvalue weighted by Gasteiger charge is 2.49. The predicted molar refractivity (Wildman–Crippen MR) is 95.9 cm³/mol. The molecule has 1 aromatic rings. The van der Waals surface area contributed by atoms with Gasteiger partial charge in [-0.05, 0) is 18.2 Å². The molecule has 3 rings (SSSR count). The second-order valence-electron chi connectivity index (χ2n) is 5.75. The van der Waals surface area contributed by atoms with Crippen molar-refractivity contribution >= 4 is 61.6 Å². The number of benzene rings is 1. The Labute approximate surface area is 161 Å². The first-order valence-corrected chi connectivity index (χ1v) is 10.8. The molecule has 0 spiro atoms. The average molecular weight is 447 g/mol. The number of fused-ring (bicyclic) bond motifs is 1. The highest BCUT2D eigenvalue weighted by Crippen LogP contribution is 2.43. The fourth-order valence-electron chi connectivity index (χ4n) is 2.88. The quantitative estimate of drug-likeness (QED) is 0.652. The number of hydrogen-bond acceptors (Lipinski definition) is 4. The van der Waals surface area contributed by atoms with Gasteiger partial charge in [-0.15, -0.1) is 11.6 Å². The summed E-state index contributed by atoms with van der Waals surface area (Å²) in [6.45, 7) is 0. The third kappa shape index (κ3) is 3.83. The van der Waals surface area contributed by atoms with E-state index < -0.39 is 43.8 Å². The zero-order valence-corrected chi connectivity index (χ0v) is 16.0. The van der Waals surface area contributed by atoms with Gasteiger partial charge in [0.1, 0.15) is 5.88 Å². The summed E-state index contributed by atoms with van der Waals surface area (Å²) in [5, 5.41) is -0.762. The number of alkyl halides is 4. The van der Waals surface area contributed by atoms with Crippen LogP contribution in [0.4, 0.5) is 18.9 Å². The van der Waals surface area contributed by atoms with Crippen molar-refractivity contribution in [2.24, 2.45) is 4.99 Å². The Morgan fingerprint density at radius 2 is 2.04 bits per heavy atom. The second-order valence-corrected chi connectivity index (χ2v) is 9.79. The summed E-state index contributed by atoms with van der Waals surface area (Å²) in [5.74, 6) is -1.41. The number of carbonyl (C=O) groups excluding carboxylic acids is 1. The maximum Gasteiger partial charge on any atom is 0.417 e. The first-order chi connectivity index (χ1) is 12.0. The first kappa shape index (κ1) is 19.8. The number of hydrogen-bond donors (Lipinski definition) is 0. The molecule has 2 saturated heterocycles. The monoisotopic (exact) mass is 446 g/mol. The topological polar surface area (TPSA) is 66.8 Å². The summed E-state index contributed by atoms with van der Waals surface area (Å²) < 4.78 is 63.3. The Morgan fingerprint density at radius 3 is 2.65 bits per heavy atom. The number of amidine groups is 1. The van der Waals surface area contributed by atoms with Gasteiger partial charge in [-0.2, -0.15) is 18.2 Å². The molecule has 12 heteroatoms. The van der Waals surface area contributed by atoms with Crippen LogP contribution in [0.5, 0.6) is 0 Å². The molecule has 0 aliphatic carbocycles. The van der Waals surface area contributed by atoms with Gasteiger partial charge < -0.3 is 4.90 Å². The SMILES string of the molecule is O=C(CCl)N=C1S[C@@H]2CS(=O)(=O)C[C@H]2N1c1ccc(Cl)c(C(F)(F)F)c1.